The number of nitrogens with zero attached hydrogens (tertiary/aromatic N) is 1. The van der Waals surface area contributed by atoms with Crippen LogP contribution in [0.3, 0.4) is 0 Å². The lowest BCUT2D eigenvalue weighted by atomic mass is 9.73. The number of benzene rings is 3. The normalized spacial score (nSPS) is 16.0. The maximum absolute atomic E-state index is 13.1. The van der Waals surface area contributed by atoms with E-state index in [-0.39, 0.29) is 12.0 Å². The highest BCUT2D eigenvalue weighted by molar-refractivity contribution is 5.76. The molecular weight excluding hydrogens is 394 g/mol. The van der Waals surface area contributed by atoms with Gasteiger partial charge in [0.2, 0.25) is 0 Å². The molecule has 1 aliphatic carbocycles. The quantitative estimate of drug-likeness (QED) is 0.333. The van der Waals surface area contributed by atoms with Gasteiger partial charge in [-0.3, -0.25) is 9.69 Å². The van der Waals surface area contributed by atoms with Crippen molar-refractivity contribution in [2.24, 2.45) is 0 Å². The third-order valence-electron chi connectivity index (χ3n) is 6.89. The van der Waals surface area contributed by atoms with Crippen LogP contribution < -0.4 is 0 Å². The van der Waals surface area contributed by atoms with Gasteiger partial charge < -0.3 is 4.74 Å². The van der Waals surface area contributed by atoms with E-state index >= 15 is 0 Å². The second-order valence-corrected chi connectivity index (χ2v) is 8.71. The lowest BCUT2D eigenvalue weighted by molar-refractivity contribution is -0.150. The highest BCUT2D eigenvalue weighted by Crippen LogP contribution is 2.46. The molecule has 0 N–H and O–H groups in total. The highest BCUT2D eigenvalue weighted by atomic mass is 16.5. The zero-order valence-corrected chi connectivity index (χ0v) is 19.1. The summed E-state index contributed by atoms with van der Waals surface area (Å²) in [6, 6.07) is 31.8. The highest BCUT2D eigenvalue weighted by Gasteiger charge is 2.49. The number of hydrogen-bond donors (Lipinski definition) is 0. The summed E-state index contributed by atoms with van der Waals surface area (Å²) in [5, 5.41) is 0. The summed E-state index contributed by atoms with van der Waals surface area (Å²) >= 11 is 0. The smallest absolute Gasteiger partial charge is 0.322 e. The molecule has 0 aliphatic heterocycles. The van der Waals surface area contributed by atoms with Gasteiger partial charge in [0, 0.05) is 6.04 Å². The van der Waals surface area contributed by atoms with Crippen molar-refractivity contribution in [3.8, 4) is 0 Å². The van der Waals surface area contributed by atoms with Crippen LogP contribution in [-0.4, -0.2) is 30.1 Å². The molecule has 0 spiro atoms. The zero-order chi connectivity index (χ0) is 22.4. The molecule has 1 atom stereocenters. The van der Waals surface area contributed by atoms with Crippen molar-refractivity contribution < 1.29 is 9.53 Å². The third kappa shape index (κ3) is 4.10. The number of methoxy groups -OCH3 is 1. The second-order valence-electron chi connectivity index (χ2n) is 8.71. The van der Waals surface area contributed by atoms with Crippen LogP contribution in [0.4, 0.5) is 0 Å². The van der Waals surface area contributed by atoms with Gasteiger partial charge in [-0.25, -0.2) is 0 Å². The van der Waals surface area contributed by atoms with Crippen LogP contribution in [0, 0.1) is 0 Å². The van der Waals surface area contributed by atoms with E-state index in [1.54, 1.807) is 0 Å². The van der Waals surface area contributed by atoms with Crippen molar-refractivity contribution in [2.45, 2.75) is 56.7 Å². The molecule has 0 radical (unpaired) electrons. The van der Waals surface area contributed by atoms with E-state index in [1.165, 1.54) is 43.1 Å². The minimum absolute atomic E-state index is 0.192. The molecule has 0 bridgehead atoms. The molecule has 3 heteroatoms. The Morgan fingerprint density at radius 3 is 1.56 bits per heavy atom. The third-order valence-corrected chi connectivity index (χ3v) is 6.89. The van der Waals surface area contributed by atoms with E-state index in [0.29, 0.717) is 0 Å². The second kappa shape index (κ2) is 10.1. The average Bonchev–Trinajstić information content (AvgIpc) is 2.88. The van der Waals surface area contributed by atoms with E-state index in [4.69, 9.17) is 4.74 Å². The zero-order valence-electron chi connectivity index (χ0n) is 19.1. The number of esters is 1. The van der Waals surface area contributed by atoms with E-state index in [9.17, 15) is 4.79 Å². The fraction of sp³-hybridized carbons (Fsp3) is 0.345. The summed E-state index contributed by atoms with van der Waals surface area (Å²) in [5.74, 6) is -0.192. The van der Waals surface area contributed by atoms with Gasteiger partial charge in [0.25, 0.3) is 0 Å². The van der Waals surface area contributed by atoms with Crippen LogP contribution in [0.1, 0.15) is 55.7 Å². The van der Waals surface area contributed by atoms with Crippen LogP contribution in [-0.2, 0) is 15.1 Å². The van der Waals surface area contributed by atoms with E-state index < -0.39 is 11.6 Å². The van der Waals surface area contributed by atoms with Crippen molar-refractivity contribution in [1.29, 1.82) is 0 Å². The number of rotatable bonds is 7. The van der Waals surface area contributed by atoms with Gasteiger partial charge in [0.15, 0.2) is 0 Å². The maximum Gasteiger partial charge on any atom is 0.322 e. The van der Waals surface area contributed by atoms with Gasteiger partial charge in [-0.15, -0.1) is 0 Å². The van der Waals surface area contributed by atoms with Crippen LogP contribution in [0.25, 0.3) is 0 Å². The molecule has 1 saturated carbocycles. The molecule has 32 heavy (non-hydrogen) atoms. The molecule has 1 aliphatic rings. The first-order chi connectivity index (χ1) is 15.7. The SMILES string of the molecule is COC(=O)[C@H](C)N(C1CCCCC1)C(c1ccccc1)(c1ccccc1)c1ccccc1. The lowest BCUT2D eigenvalue weighted by Gasteiger charge is -2.52. The standard InChI is InChI=1S/C29H33NO2/c1-23(28(31)32-2)30(27-21-13-6-14-22-27)29(24-15-7-3-8-16-24,25-17-9-4-10-18-25)26-19-11-5-12-20-26/h3-5,7-12,15-20,23,27H,6,13-14,21-22H2,1-2H3/t23-/m0/s1. The van der Waals surface area contributed by atoms with Crippen LogP contribution >= 0.6 is 0 Å². The monoisotopic (exact) mass is 427 g/mol. The number of hydrogen-bond acceptors (Lipinski definition) is 3. The Morgan fingerprint density at radius 2 is 1.19 bits per heavy atom. The topological polar surface area (TPSA) is 29.5 Å². The van der Waals surface area contributed by atoms with Crippen LogP contribution in [0.15, 0.2) is 91.0 Å². The molecule has 1 fully saturated rings. The molecular formula is C29H33NO2. The first-order valence-corrected chi connectivity index (χ1v) is 11.7. The van der Waals surface area contributed by atoms with Gasteiger partial charge in [-0.05, 0) is 36.5 Å². The molecule has 166 valence electrons. The summed E-state index contributed by atoms with van der Waals surface area (Å²) in [5.41, 5.74) is 2.88. The van der Waals surface area contributed by atoms with Gasteiger partial charge >= 0.3 is 5.97 Å². The minimum atomic E-state index is -0.612. The Balaban J connectivity index is 2.06. The molecule has 3 nitrogen and oxygen atoms in total. The maximum atomic E-state index is 13.1. The number of carbonyl (C=O) groups excluding carboxylic acids is 1. The lowest BCUT2D eigenvalue weighted by Crippen LogP contribution is -2.59. The van der Waals surface area contributed by atoms with E-state index in [0.717, 1.165) is 12.8 Å². The summed E-state index contributed by atoms with van der Waals surface area (Å²) in [6.07, 6.45) is 5.78. The first-order valence-electron chi connectivity index (χ1n) is 11.7. The van der Waals surface area contributed by atoms with Crippen molar-refractivity contribution in [2.75, 3.05) is 7.11 Å². The summed E-state index contributed by atoms with van der Waals surface area (Å²) in [7, 11) is 1.49. The number of carbonyl (C=O) groups is 1. The van der Waals surface area contributed by atoms with Gasteiger partial charge in [0.1, 0.15) is 6.04 Å². The largest absolute Gasteiger partial charge is 0.468 e. The van der Waals surface area contributed by atoms with Gasteiger partial charge in [0.05, 0.1) is 12.6 Å². The Hall–Kier alpha value is -2.91. The van der Waals surface area contributed by atoms with Crippen molar-refractivity contribution in [1.82, 2.24) is 4.90 Å². The Kier molecular flexibility index (Phi) is 7.06. The molecule has 0 amide bonds. The Labute approximate surface area is 192 Å². The Morgan fingerprint density at radius 1 is 0.781 bits per heavy atom. The van der Waals surface area contributed by atoms with Gasteiger partial charge in [-0.2, -0.15) is 0 Å². The summed E-state index contributed by atoms with van der Waals surface area (Å²) in [6.45, 7) is 2.00. The van der Waals surface area contributed by atoms with Crippen molar-refractivity contribution in [3.63, 3.8) is 0 Å². The van der Waals surface area contributed by atoms with Crippen LogP contribution in [0.5, 0.6) is 0 Å². The first kappa shape index (κ1) is 22.3. The molecule has 0 unspecified atom stereocenters. The molecule has 0 aromatic heterocycles. The minimum Gasteiger partial charge on any atom is -0.468 e. The molecule has 0 saturated heterocycles. The molecule has 3 aromatic rings. The van der Waals surface area contributed by atoms with Crippen molar-refractivity contribution in [3.05, 3.63) is 108 Å². The predicted octanol–water partition coefficient (Wildman–Crippen LogP) is 6.17. The molecule has 0 heterocycles. The number of ether oxygens (including phenoxy) is 1. The predicted molar refractivity (Wildman–Crippen MR) is 129 cm³/mol. The van der Waals surface area contributed by atoms with E-state index in [2.05, 4.69) is 95.9 Å². The average molecular weight is 428 g/mol. The Bertz CT molecular complexity index is 885. The van der Waals surface area contributed by atoms with Gasteiger partial charge in [-0.1, -0.05) is 110 Å². The fourth-order valence-corrected chi connectivity index (χ4v) is 5.51. The molecule has 4 rings (SSSR count). The summed E-state index contributed by atoms with van der Waals surface area (Å²) in [4.78, 5) is 15.5. The molecule has 3 aromatic carbocycles. The van der Waals surface area contributed by atoms with Crippen LogP contribution in [0.2, 0.25) is 0 Å². The van der Waals surface area contributed by atoms with E-state index in [1.807, 2.05) is 6.92 Å². The van der Waals surface area contributed by atoms with Crippen molar-refractivity contribution >= 4 is 5.97 Å². The summed E-state index contributed by atoms with van der Waals surface area (Å²) < 4.78 is 5.31. The fourth-order valence-electron chi connectivity index (χ4n) is 5.51.